The Bertz CT molecular complexity index is 510. The maximum atomic E-state index is 12.8. The van der Waals surface area contributed by atoms with Crippen LogP contribution >= 0.6 is 15.8 Å². The minimum atomic E-state index is -0.490. The van der Waals surface area contributed by atoms with Crippen LogP contribution in [0.4, 0.5) is 0 Å². The van der Waals surface area contributed by atoms with E-state index in [4.69, 9.17) is 0 Å². The van der Waals surface area contributed by atoms with Crippen LogP contribution < -0.4 is 0 Å². The van der Waals surface area contributed by atoms with Crippen LogP contribution in [0.15, 0.2) is 22.8 Å². The first-order valence-electron chi connectivity index (χ1n) is 8.43. The van der Waals surface area contributed by atoms with Crippen LogP contribution in [0, 0.1) is 0 Å². The molecule has 0 aromatic rings. The minimum Gasteiger partial charge on any atom is -0.288 e. The van der Waals surface area contributed by atoms with E-state index in [9.17, 15) is 9.59 Å². The van der Waals surface area contributed by atoms with E-state index in [1.54, 1.807) is 0 Å². The molecule has 0 unspecified atom stereocenters. The molecule has 0 spiro atoms. The van der Waals surface area contributed by atoms with Crippen LogP contribution in [0.5, 0.6) is 0 Å². The Morgan fingerprint density at radius 1 is 0.727 bits per heavy atom. The average molecular weight is 336 g/mol. The predicted molar refractivity (Wildman–Crippen MR) is 96.3 cm³/mol. The van der Waals surface area contributed by atoms with E-state index < -0.39 is 15.8 Å². The highest BCUT2D eigenvalue weighted by Gasteiger charge is 2.48. The normalized spacial score (nSPS) is 37.9. The molecule has 2 fully saturated rings. The van der Waals surface area contributed by atoms with Crippen molar-refractivity contribution in [2.75, 3.05) is 0 Å². The van der Waals surface area contributed by atoms with Crippen molar-refractivity contribution in [3.05, 3.63) is 22.8 Å². The molecule has 4 atom stereocenters. The molecule has 2 nitrogen and oxygen atoms in total. The quantitative estimate of drug-likeness (QED) is 0.403. The highest BCUT2D eigenvalue weighted by Crippen LogP contribution is 2.71. The Kier molecular flexibility index (Phi) is 4.47. The number of carbonyl (C=O) groups excluding carboxylic acids is 2. The van der Waals surface area contributed by atoms with Crippen LogP contribution in [0.3, 0.4) is 0 Å². The van der Waals surface area contributed by atoms with E-state index in [2.05, 4.69) is 34.3 Å². The molecule has 1 aliphatic carbocycles. The second-order valence-electron chi connectivity index (χ2n) is 7.20. The summed E-state index contributed by atoms with van der Waals surface area (Å²) in [6.45, 7) is 12.9. The van der Waals surface area contributed by atoms with Gasteiger partial charge in [-0.1, -0.05) is 50.1 Å². The highest BCUT2D eigenvalue weighted by atomic mass is 31.1. The van der Waals surface area contributed by atoms with Gasteiger partial charge in [0.25, 0.3) is 0 Å². The Morgan fingerprint density at radius 2 is 1.00 bits per heavy atom. The van der Waals surface area contributed by atoms with Crippen LogP contribution in [0.1, 0.15) is 53.4 Å². The van der Waals surface area contributed by atoms with E-state index >= 15 is 0 Å². The first-order valence-corrected chi connectivity index (χ1v) is 11.4. The third kappa shape index (κ3) is 2.38. The lowest BCUT2D eigenvalue weighted by Gasteiger charge is -2.27. The predicted octanol–water partition coefficient (Wildman–Crippen LogP) is 5.01. The molecule has 0 radical (unpaired) electrons. The van der Waals surface area contributed by atoms with E-state index in [0.29, 0.717) is 22.6 Å². The fraction of sp³-hybridized carbons (Fsp3) is 0.667. The van der Waals surface area contributed by atoms with Crippen LogP contribution in [-0.4, -0.2) is 34.2 Å². The summed E-state index contributed by atoms with van der Waals surface area (Å²) in [6, 6.07) is 0. The van der Waals surface area contributed by atoms with Crippen molar-refractivity contribution in [1.29, 1.82) is 0 Å². The topological polar surface area (TPSA) is 34.1 Å². The van der Waals surface area contributed by atoms with Gasteiger partial charge in [-0.05, 0) is 48.3 Å². The summed E-state index contributed by atoms with van der Waals surface area (Å²) in [5, 5.41) is 1.91. The number of hydrogen-bond donors (Lipinski definition) is 0. The molecule has 0 N–H and O–H groups in total. The summed E-state index contributed by atoms with van der Waals surface area (Å²) in [5.74, 6) is 0.000947. The first-order chi connectivity index (χ1) is 10.3. The summed E-state index contributed by atoms with van der Waals surface area (Å²) in [6.07, 6.45) is 4.78. The van der Waals surface area contributed by atoms with E-state index in [-0.39, 0.29) is 17.1 Å². The van der Waals surface area contributed by atoms with Gasteiger partial charge in [0.2, 0.25) is 0 Å². The molecule has 0 amide bonds. The fourth-order valence-corrected chi connectivity index (χ4v) is 11.7. The third-order valence-corrected chi connectivity index (χ3v) is 12.5. The molecule has 0 aromatic heterocycles. The standard InChI is InChI=1S/C18H26O2P2/c1-10-6-7-11(2)21(10)17-15(19)14(5)16(20)18(17)22-12(3)8-9-13(22)4/h10-13H,5-9H2,1-4H3/t10-,11-,12-,13-/m1/s1. The summed E-state index contributed by atoms with van der Waals surface area (Å²) >= 11 is 0. The lowest BCUT2D eigenvalue weighted by Crippen LogP contribution is -2.08. The number of allylic oxidation sites excluding steroid dienone is 3. The van der Waals surface area contributed by atoms with Gasteiger partial charge in [0, 0.05) is 10.6 Å². The minimum absolute atomic E-state index is 0.000473. The van der Waals surface area contributed by atoms with Crippen molar-refractivity contribution < 1.29 is 9.59 Å². The highest BCUT2D eigenvalue weighted by molar-refractivity contribution is 7.70. The van der Waals surface area contributed by atoms with Crippen molar-refractivity contribution in [1.82, 2.24) is 0 Å². The third-order valence-electron chi connectivity index (χ3n) is 5.62. The van der Waals surface area contributed by atoms with E-state index in [1.165, 1.54) is 25.7 Å². The number of carbonyl (C=O) groups is 2. The molecule has 0 saturated carbocycles. The molecule has 0 bridgehead atoms. The zero-order valence-electron chi connectivity index (χ0n) is 14.1. The smallest absolute Gasteiger partial charge is 0.197 e. The van der Waals surface area contributed by atoms with Gasteiger partial charge in [0.1, 0.15) is 0 Å². The zero-order chi connectivity index (χ0) is 16.2. The van der Waals surface area contributed by atoms with Gasteiger partial charge in [-0.15, -0.1) is 0 Å². The number of Topliss-reactive ketones (excluding diaryl/α,β-unsaturated/α-hetero) is 2. The van der Waals surface area contributed by atoms with Crippen molar-refractivity contribution in [2.24, 2.45) is 0 Å². The first kappa shape index (κ1) is 16.5. The number of hydrogen-bond acceptors (Lipinski definition) is 2. The van der Waals surface area contributed by atoms with Crippen LogP contribution in [0.25, 0.3) is 0 Å². The van der Waals surface area contributed by atoms with Crippen molar-refractivity contribution in [3.8, 4) is 0 Å². The molecule has 2 aliphatic heterocycles. The van der Waals surface area contributed by atoms with Crippen molar-refractivity contribution in [3.63, 3.8) is 0 Å². The maximum Gasteiger partial charge on any atom is 0.197 e. The Balaban J connectivity index is 2.13. The lowest BCUT2D eigenvalue weighted by molar-refractivity contribution is -0.115. The van der Waals surface area contributed by atoms with E-state index in [1.807, 2.05) is 0 Å². The van der Waals surface area contributed by atoms with Crippen LogP contribution in [0.2, 0.25) is 0 Å². The molecule has 3 aliphatic rings. The van der Waals surface area contributed by atoms with Gasteiger partial charge in [-0.3, -0.25) is 9.59 Å². The lowest BCUT2D eigenvalue weighted by atomic mass is 10.2. The van der Waals surface area contributed by atoms with Gasteiger partial charge in [0.15, 0.2) is 11.6 Å². The monoisotopic (exact) mass is 336 g/mol. The molecule has 4 heteroatoms. The number of rotatable bonds is 2. The molecule has 0 aromatic carbocycles. The second kappa shape index (κ2) is 5.95. The Hall–Kier alpha value is -0.320. The Morgan fingerprint density at radius 3 is 1.27 bits per heavy atom. The Labute approximate surface area is 136 Å². The fourth-order valence-electron chi connectivity index (χ4n) is 4.35. The van der Waals surface area contributed by atoms with Crippen molar-refractivity contribution in [2.45, 2.75) is 76.0 Å². The second-order valence-corrected chi connectivity index (χ2v) is 13.2. The average Bonchev–Trinajstić information content (AvgIpc) is 3.04. The molecular formula is C18H26O2P2. The SMILES string of the molecule is C=C1C(=O)C(P2[C@H](C)CC[C@H]2C)=C(P2[C@H](C)CC[C@H]2C)C1=O. The molecular weight excluding hydrogens is 310 g/mol. The maximum absolute atomic E-state index is 12.8. The number of ketones is 2. The van der Waals surface area contributed by atoms with Gasteiger partial charge in [-0.25, -0.2) is 0 Å². The zero-order valence-corrected chi connectivity index (χ0v) is 15.8. The molecule has 2 heterocycles. The molecule has 22 heavy (non-hydrogen) atoms. The molecule has 3 rings (SSSR count). The van der Waals surface area contributed by atoms with Gasteiger partial charge in [-0.2, -0.15) is 0 Å². The largest absolute Gasteiger partial charge is 0.288 e. The van der Waals surface area contributed by atoms with E-state index in [0.717, 1.165) is 10.6 Å². The van der Waals surface area contributed by atoms with Gasteiger partial charge < -0.3 is 0 Å². The summed E-state index contributed by atoms with van der Waals surface area (Å²) in [7, 11) is -0.980. The summed E-state index contributed by atoms with van der Waals surface area (Å²) in [4.78, 5) is 25.6. The molecule has 120 valence electrons. The van der Waals surface area contributed by atoms with Gasteiger partial charge >= 0.3 is 0 Å². The summed E-state index contributed by atoms with van der Waals surface area (Å²) in [5.41, 5.74) is 2.54. The summed E-state index contributed by atoms with van der Waals surface area (Å²) < 4.78 is 0. The van der Waals surface area contributed by atoms with Gasteiger partial charge in [0.05, 0.1) is 5.57 Å². The molecule has 2 saturated heterocycles. The van der Waals surface area contributed by atoms with Crippen molar-refractivity contribution >= 4 is 27.4 Å². The van der Waals surface area contributed by atoms with Crippen LogP contribution in [-0.2, 0) is 9.59 Å².